The van der Waals surface area contributed by atoms with E-state index in [0.717, 1.165) is 24.9 Å². The van der Waals surface area contributed by atoms with E-state index in [-0.39, 0.29) is 0 Å². The number of nitrogens with zero attached hydrogens (tertiary/aromatic N) is 1. The normalized spacial score (nSPS) is 35.9. The molecule has 2 aliphatic carbocycles. The van der Waals surface area contributed by atoms with Crippen molar-refractivity contribution in [2.24, 2.45) is 5.92 Å². The Morgan fingerprint density at radius 3 is 1.83 bits per heavy atom. The van der Waals surface area contributed by atoms with Crippen LogP contribution in [-0.2, 0) is 0 Å². The Balaban J connectivity index is 1.71. The van der Waals surface area contributed by atoms with Crippen LogP contribution in [0.25, 0.3) is 0 Å². The number of nitrogens with one attached hydrogen (secondary N) is 1. The molecule has 0 atom stereocenters. The molecule has 0 aliphatic heterocycles. The van der Waals surface area contributed by atoms with Gasteiger partial charge in [-0.05, 0) is 38.5 Å². The van der Waals surface area contributed by atoms with Gasteiger partial charge >= 0.3 is 0 Å². The first-order valence-electron chi connectivity index (χ1n) is 5.04. The predicted molar refractivity (Wildman–Crippen MR) is 47.5 cm³/mol. The molecule has 0 aromatic carbocycles. The third kappa shape index (κ3) is 1.98. The molecule has 66 valence electrons. The highest BCUT2D eigenvalue weighted by atomic mass is 15.0. The van der Waals surface area contributed by atoms with E-state index in [1.807, 2.05) is 0 Å². The molecule has 2 saturated carbocycles. The fourth-order valence-electron chi connectivity index (χ4n) is 1.97. The van der Waals surface area contributed by atoms with Crippen LogP contribution in [0.4, 0.5) is 0 Å². The largest absolute Gasteiger partial charge is 0.311 e. The van der Waals surface area contributed by atoms with Gasteiger partial charge in [-0.2, -0.15) is 5.26 Å². The summed E-state index contributed by atoms with van der Waals surface area (Å²) in [6.45, 7) is 0. The molecule has 0 unspecified atom stereocenters. The molecule has 0 amide bonds. The second kappa shape index (κ2) is 3.45. The van der Waals surface area contributed by atoms with Crippen LogP contribution in [0, 0.1) is 17.2 Å². The van der Waals surface area contributed by atoms with Gasteiger partial charge in [-0.15, -0.1) is 0 Å². The van der Waals surface area contributed by atoms with Crippen LogP contribution >= 0.6 is 0 Å². The van der Waals surface area contributed by atoms with Crippen LogP contribution in [-0.4, -0.2) is 12.1 Å². The van der Waals surface area contributed by atoms with Gasteiger partial charge in [-0.25, -0.2) is 0 Å². The van der Waals surface area contributed by atoms with E-state index in [9.17, 15) is 0 Å². The summed E-state index contributed by atoms with van der Waals surface area (Å²) >= 11 is 0. The second-order valence-corrected chi connectivity index (χ2v) is 4.12. The molecule has 2 fully saturated rings. The summed E-state index contributed by atoms with van der Waals surface area (Å²) in [7, 11) is 0. The summed E-state index contributed by atoms with van der Waals surface area (Å²) < 4.78 is 0. The van der Waals surface area contributed by atoms with E-state index in [1.54, 1.807) is 0 Å². The molecule has 0 spiro atoms. The summed E-state index contributed by atoms with van der Waals surface area (Å²) in [6.07, 6.45) is 7.40. The maximum Gasteiger partial charge on any atom is 0.0655 e. The van der Waals surface area contributed by atoms with Crippen LogP contribution < -0.4 is 5.32 Å². The lowest BCUT2D eigenvalue weighted by Crippen LogP contribution is -2.34. The fraction of sp³-hybridized carbons (Fsp3) is 0.900. The summed E-state index contributed by atoms with van der Waals surface area (Å²) in [5.41, 5.74) is 0. The van der Waals surface area contributed by atoms with Crippen LogP contribution in [0.2, 0.25) is 0 Å². The summed E-state index contributed by atoms with van der Waals surface area (Å²) in [6, 6.07) is 3.92. The molecule has 2 rings (SSSR count). The Bertz CT molecular complexity index is 183. The minimum Gasteiger partial charge on any atom is -0.311 e. The quantitative estimate of drug-likeness (QED) is 0.675. The van der Waals surface area contributed by atoms with E-state index < -0.39 is 0 Å². The zero-order valence-electron chi connectivity index (χ0n) is 7.42. The van der Waals surface area contributed by atoms with Crippen LogP contribution in [0.15, 0.2) is 0 Å². The summed E-state index contributed by atoms with van der Waals surface area (Å²) in [5, 5.41) is 12.3. The second-order valence-electron chi connectivity index (χ2n) is 4.12. The molecule has 2 nitrogen and oxygen atoms in total. The molecule has 0 aromatic heterocycles. The van der Waals surface area contributed by atoms with Crippen LogP contribution in [0.5, 0.6) is 0 Å². The van der Waals surface area contributed by atoms with E-state index in [1.165, 1.54) is 25.7 Å². The fourth-order valence-corrected chi connectivity index (χ4v) is 1.97. The third-order valence-corrected chi connectivity index (χ3v) is 2.96. The molecule has 1 N–H and O–H groups in total. The molecule has 0 bridgehead atoms. The van der Waals surface area contributed by atoms with Gasteiger partial charge in [-0.3, -0.25) is 0 Å². The van der Waals surface area contributed by atoms with E-state index in [0.29, 0.717) is 5.92 Å². The van der Waals surface area contributed by atoms with Crippen molar-refractivity contribution in [1.82, 2.24) is 5.32 Å². The summed E-state index contributed by atoms with van der Waals surface area (Å²) in [4.78, 5) is 0. The van der Waals surface area contributed by atoms with E-state index in [2.05, 4.69) is 11.4 Å². The van der Waals surface area contributed by atoms with Gasteiger partial charge in [0.2, 0.25) is 0 Å². The average molecular weight is 164 g/mol. The first kappa shape index (κ1) is 8.07. The third-order valence-electron chi connectivity index (χ3n) is 2.96. The monoisotopic (exact) mass is 164 g/mol. The van der Waals surface area contributed by atoms with Gasteiger partial charge in [0.25, 0.3) is 0 Å². The highest BCUT2D eigenvalue weighted by molar-refractivity contribution is 4.92. The predicted octanol–water partition coefficient (Wildman–Crippen LogP) is 1.82. The molecule has 0 saturated heterocycles. The van der Waals surface area contributed by atoms with Crippen molar-refractivity contribution < 1.29 is 0 Å². The number of hydrogen-bond donors (Lipinski definition) is 1. The van der Waals surface area contributed by atoms with Crippen molar-refractivity contribution in [2.45, 2.75) is 50.6 Å². The first-order chi connectivity index (χ1) is 5.88. The average Bonchev–Trinajstić information content (AvgIpc) is 2.90. The van der Waals surface area contributed by atoms with Crippen molar-refractivity contribution in [2.75, 3.05) is 0 Å². The molecule has 0 radical (unpaired) electrons. The van der Waals surface area contributed by atoms with E-state index >= 15 is 0 Å². The van der Waals surface area contributed by atoms with Crippen molar-refractivity contribution in [3.63, 3.8) is 0 Å². The van der Waals surface area contributed by atoms with Gasteiger partial charge in [-0.1, -0.05) is 0 Å². The molecule has 0 aromatic rings. The maximum absolute atomic E-state index is 8.70. The number of hydrogen-bond acceptors (Lipinski definition) is 2. The molecule has 12 heavy (non-hydrogen) atoms. The number of rotatable bonds is 2. The zero-order valence-corrected chi connectivity index (χ0v) is 7.42. The Morgan fingerprint density at radius 1 is 0.917 bits per heavy atom. The Kier molecular flexibility index (Phi) is 2.32. The topological polar surface area (TPSA) is 35.8 Å². The van der Waals surface area contributed by atoms with E-state index in [4.69, 9.17) is 5.26 Å². The van der Waals surface area contributed by atoms with Gasteiger partial charge in [0.05, 0.1) is 6.07 Å². The Hall–Kier alpha value is -0.550. The van der Waals surface area contributed by atoms with Gasteiger partial charge in [0.1, 0.15) is 0 Å². The van der Waals surface area contributed by atoms with Crippen molar-refractivity contribution in [1.29, 1.82) is 5.26 Å². The van der Waals surface area contributed by atoms with Crippen molar-refractivity contribution >= 4 is 0 Å². The van der Waals surface area contributed by atoms with Crippen LogP contribution in [0.1, 0.15) is 38.5 Å². The molecule has 2 aliphatic rings. The molecular weight excluding hydrogens is 148 g/mol. The lowest BCUT2D eigenvalue weighted by molar-refractivity contribution is 0.330. The lowest BCUT2D eigenvalue weighted by atomic mass is 9.87. The maximum atomic E-state index is 8.70. The minimum atomic E-state index is 0.349. The van der Waals surface area contributed by atoms with Gasteiger partial charge in [0, 0.05) is 18.0 Å². The lowest BCUT2D eigenvalue weighted by Gasteiger charge is -2.25. The summed E-state index contributed by atoms with van der Waals surface area (Å²) in [5.74, 6) is 0.349. The van der Waals surface area contributed by atoms with Gasteiger partial charge < -0.3 is 5.32 Å². The Morgan fingerprint density at radius 2 is 1.42 bits per heavy atom. The highest BCUT2D eigenvalue weighted by Gasteiger charge is 2.27. The van der Waals surface area contributed by atoms with Crippen molar-refractivity contribution in [3.8, 4) is 6.07 Å². The molecular formula is C10H16N2. The number of nitriles is 1. The highest BCUT2D eigenvalue weighted by Crippen LogP contribution is 2.27. The van der Waals surface area contributed by atoms with Crippen LogP contribution in [0.3, 0.4) is 0 Å². The first-order valence-corrected chi connectivity index (χ1v) is 5.04. The van der Waals surface area contributed by atoms with Gasteiger partial charge in [0.15, 0.2) is 0 Å². The molecule has 0 heterocycles. The van der Waals surface area contributed by atoms with Crippen molar-refractivity contribution in [3.05, 3.63) is 0 Å². The zero-order chi connectivity index (χ0) is 8.39. The standard InChI is InChI=1S/C10H16N2/c11-7-8-1-3-9(4-2-8)12-10-5-6-10/h8-10,12H,1-6H2. The molecule has 2 heteroatoms. The Labute approximate surface area is 74.0 Å². The smallest absolute Gasteiger partial charge is 0.0655 e. The minimum absolute atomic E-state index is 0.349. The SMILES string of the molecule is N#CC1CCC(NC2CC2)CC1.